The Morgan fingerprint density at radius 3 is 2.76 bits per heavy atom. The van der Waals surface area contributed by atoms with Crippen molar-refractivity contribution in [3.63, 3.8) is 0 Å². The van der Waals surface area contributed by atoms with Crippen molar-refractivity contribution in [1.82, 2.24) is 14.9 Å². The lowest BCUT2D eigenvalue weighted by molar-refractivity contribution is 0.589. The first kappa shape index (κ1) is 10.4. The van der Waals surface area contributed by atoms with E-state index >= 15 is 0 Å². The van der Waals surface area contributed by atoms with Gasteiger partial charge >= 0.3 is 5.69 Å². The molecule has 0 radical (unpaired) electrons. The largest absolute Gasteiger partial charge is 0.369 e. The topological polar surface area (TPSA) is 53.1 Å². The SMILES string of the molecule is Cn1c(=O)[nH]c2ccc(N3CCNCC3)cc21. The number of anilines is 1. The fourth-order valence-corrected chi connectivity index (χ4v) is 2.33. The maximum atomic E-state index is 11.5. The molecule has 5 nitrogen and oxygen atoms in total. The van der Waals surface area contributed by atoms with Crippen molar-refractivity contribution < 1.29 is 0 Å². The molecular weight excluding hydrogens is 216 g/mol. The molecule has 0 amide bonds. The summed E-state index contributed by atoms with van der Waals surface area (Å²) >= 11 is 0. The highest BCUT2D eigenvalue weighted by Crippen LogP contribution is 2.20. The standard InChI is InChI=1S/C12H16N4O/c1-15-11-8-9(16-6-4-13-5-7-16)2-3-10(11)14-12(15)17/h2-3,8,13H,4-7H2,1H3,(H,14,17). The second-order valence-corrected chi connectivity index (χ2v) is 4.43. The van der Waals surface area contributed by atoms with Gasteiger partial charge in [-0.1, -0.05) is 0 Å². The molecule has 0 aliphatic carbocycles. The molecule has 1 aromatic carbocycles. The van der Waals surface area contributed by atoms with E-state index in [4.69, 9.17) is 0 Å². The number of benzene rings is 1. The van der Waals surface area contributed by atoms with Crippen molar-refractivity contribution in [2.24, 2.45) is 7.05 Å². The third-order valence-electron chi connectivity index (χ3n) is 3.37. The first-order valence-corrected chi connectivity index (χ1v) is 5.90. The molecule has 0 spiro atoms. The van der Waals surface area contributed by atoms with E-state index in [1.807, 2.05) is 6.07 Å². The van der Waals surface area contributed by atoms with Crippen LogP contribution >= 0.6 is 0 Å². The van der Waals surface area contributed by atoms with Gasteiger partial charge in [0, 0.05) is 38.9 Å². The molecule has 1 aliphatic heterocycles. The number of fused-ring (bicyclic) bond motifs is 1. The van der Waals surface area contributed by atoms with Gasteiger partial charge in [0.05, 0.1) is 11.0 Å². The molecule has 90 valence electrons. The minimum absolute atomic E-state index is 0.0579. The van der Waals surface area contributed by atoms with Gasteiger partial charge in [0.1, 0.15) is 0 Å². The Balaban J connectivity index is 2.05. The van der Waals surface area contributed by atoms with E-state index in [2.05, 4.69) is 27.3 Å². The monoisotopic (exact) mass is 232 g/mol. The number of rotatable bonds is 1. The Morgan fingerprint density at radius 1 is 1.24 bits per heavy atom. The fraction of sp³-hybridized carbons (Fsp3) is 0.417. The van der Waals surface area contributed by atoms with Gasteiger partial charge in [-0.2, -0.15) is 0 Å². The van der Waals surface area contributed by atoms with Crippen molar-refractivity contribution in [3.8, 4) is 0 Å². The summed E-state index contributed by atoms with van der Waals surface area (Å²) in [5, 5.41) is 3.33. The molecule has 17 heavy (non-hydrogen) atoms. The van der Waals surface area contributed by atoms with Crippen LogP contribution in [0.5, 0.6) is 0 Å². The van der Waals surface area contributed by atoms with Crippen LogP contribution < -0.4 is 15.9 Å². The van der Waals surface area contributed by atoms with Crippen molar-refractivity contribution in [2.45, 2.75) is 0 Å². The van der Waals surface area contributed by atoms with E-state index in [9.17, 15) is 4.79 Å². The highest BCUT2D eigenvalue weighted by Gasteiger charge is 2.12. The van der Waals surface area contributed by atoms with Crippen molar-refractivity contribution in [3.05, 3.63) is 28.7 Å². The van der Waals surface area contributed by atoms with Gasteiger partial charge < -0.3 is 15.2 Å². The quantitative estimate of drug-likeness (QED) is 0.742. The van der Waals surface area contributed by atoms with Gasteiger partial charge in [0.15, 0.2) is 0 Å². The number of H-pyrrole nitrogens is 1. The average molecular weight is 232 g/mol. The smallest absolute Gasteiger partial charge is 0.326 e. The Labute approximate surface area is 99.0 Å². The van der Waals surface area contributed by atoms with Crippen molar-refractivity contribution in [1.29, 1.82) is 0 Å². The van der Waals surface area contributed by atoms with Gasteiger partial charge in [-0.25, -0.2) is 4.79 Å². The van der Waals surface area contributed by atoms with E-state index in [-0.39, 0.29) is 5.69 Å². The third-order valence-corrected chi connectivity index (χ3v) is 3.37. The van der Waals surface area contributed by atoms with E-state index in [0.717, 1.165) is 37.2 Å². The highest BCUT2D eigenvalue weighted by molar-refractivity contribution is 5.79. The zero-order chi connectivity index (χ0) is 11.8. The third kappa shape index (κ3) is 1.72. The normalized spacial score (nSPS) is 16.6. The number of imidazole rings is 1. The van der Waals surface area contributed by atoms with Crippen LogP contribution in [0.25, 0.3) is 11.0 Å². The molecule has 1 fully saturated rings. The minimum Gasteiger partial charge on any atom is -0.369 e. The summed E-state index contributed by atoms with van der Waals surface area (Å²) in [7, 11) is 1.79. The molecule has 1 aromatic heterocycles. The predicted octanol–water partition coefficient (Wildman–Crippen LogP) is 0.276. The summed E-state index contributed by atoms with van der Waals surface area (Å²) in [6.07, 6.45) is 0. The van der Waals surface area contributed by atoms with Gasteiger partial charge in [0.2, 0.25) is 0 Å². The number of aromatic nitrogens is 2. The van der Waals surface area contributed by atoms with E-state index in [0.29, 0.717) is 0 Å². The summed E-state index contributed by atoms with van der Waals surface area (Å²) in [5.41, 5.74) is 2.99. The number of aromatic amines is 1. The number of nitrogens with one attached hydrogen (secondary N) is 2. The predicted molar refractivity (Wildman–Crippen MR) is 68.6 cm³/mol. The number of nitrogens with zero attached hydrogens (tertiary/aromatic N) is 2. The second-order valence-electron chi connectivity index (χ2n) is 4.43. The maximum Gasteiger partial charge on any atom is 0.326 e. The van der Waals surface area contributed by atoms with Crippen LogP contribution in [0, 0.1) is 0 Å². The van der Waals surface area contributed by atoms with Gasteiger partial charge in [-0.05, 0) is 18.2 Å². The van der Waals surface area contributed by atoms with Crippen LogP contribution in [0.2, 0.25) is 0 Å². The summed E-state index contributed by atoms with van der Waals surface area (Å²) in [4.78, 5) is 16.7. The number of piperazine rings is 1. The summed E-state index contributed by atoms with van der Waals surface area (Å²) < 4.78 is 1.65. The lowest BCUT2D eigenvalue weighted by Crippen LogP contribution is -2.43. The second kappa shape index (κ2) is 3.92. The fourth-order valence-electron chi connectivity index (χ4n) is 2.33. The lowest BCUT2D eigenvalue weighted by atomic mass is 10.2. The van der Waals surface area contributed by atoms with Gasteiger partial charge in [-0.3, -0.25) is 4.57 Å². The molecule has 0 bridgehead atoms. The molecule has 0 saturated carbocycles. The molecule has 2 N–H and O–H groups in total. The van der Waals surface area contributed by atoms with Crippen LogP contribution in [-0.2, 0) is 7.05 Å². The lowest BCUT2D eigenvalue weighted by Gasteiger charge is -2.29. The zero-order valence-corrected chi connectivity index (χ0v) is 9.86. The van der Waals surface area contributed by atoms with Crippen molar-refractivity contribution in [2.75, 3.05) is 31.1 Å². The molecule has 5 heteroatoms. The number of hydrogen-bond acceptors (Lipinski definition) is 3. The van der Waals surface area contributed by atoms with Crippen LogP contribution in [-0.4, -0.2) is 35.7 Å². The average Bonchev–Trinajstić information content (AvgIpc) is 2.66. The van der Waals surface area contributed by atoms with E-state index in [1.54, 1.807) is 11.6 Å². The first-order chi connectivity index (χ1) is 8.25. The summed E-state index contributed by atoms with van der Waals surface area (Å²) in [5.74, 6) is 0. The Morgan fingerprint density at radius 2 is 2.00 bits per heavy atom. The van der Waals surface area contributed by atoms with Crippen molar-refractivity contribution >= 4 is 16.7 Å². The highest BCUT2D eigenvalue weighted by atomic mass is 16.1. The molecule has 0 unspecified atom stereocenters. The van der Waals surface area contributed by atoms with Crippen LogP contribution in [0.15, 0.2) is 23.0 Å². The molecule has 3 rings (SSSR count). The number of hydrogen-bond donors (Lipinski definition) is 2. The van der Waals surface area contributed by atoms with E-state index < -0.39 is 0 Å². The summed E-state index contributed by atoms with van der Waals surface area (Å²) in [6.45, 7) is 4.07. The minimum atomic E-state index is -0.0579. The zero-order valence-electron chi connectivity index (χ0n) is 9.86. The molecule has 1 aliphatic rings. The molecule has 2 aromatic rings. The van der Waals surface area contributed by atoms with Gasteiger partial charge in [0.25, 0.3) is 0 Å². The Hall–Kier alpha value is -1.75. The van der Waals surface area contributed by atoms with Gasteiger partial charge in [-0.15, -0.1) is 0 Å². The van der Waals surface area contributed by atoms with Crippen LogP contribution in [0.1, 0.15) is 0 Å². The molecule has 1 saturated heterocycles. The first-order valence-electron chi connectivity index (χ1n) is 5.90. The Kier molecular flexibility index (Phi) is 2.40. The van der Waals surface area contributed by atoms with Crippen LogP contribution in [0.3, 0.4) is 0 Å². The summed E-state index contributed by atoms with van der Waals surface area (Å²) in [6, 6.07) is 6.14. The molecule has 2 heterocycles. The van der Waals surface area contributed by atoms with E-state index in [1.165, 1.54) is 5.69 Å². The molecular formula is C12H16N4O. The number of aryl methyl sites for hydroxylation is 1. The maximum absolute atomic E-state index is 11.5. The van der Waals surface area contributed by atoms with Crippen LogP contribution in [0.4, 0.5) is 5.69 Å². The molecule has 0 atom stereocenters. The Bertz CT molecular complexity index is 592.